The number of anilines is 1. The first-order chi connectivity index (χ1) is 12.1. The molecule has 132 valence electrons. The fourth-order valence-corrected chi connectivity index (χ4v) is 3.25. The molecule has 1 saturated heterocycles. The largest absolute Gasteiger partial charge is 0.336 e. The van der Waals surface area contributed by atoms with Crippen LogP contribution in [0.15, 0.2) is 29.6 Å². The second-order valence-corrected chi connectivity index (χ2v) is 6.90. The Morgan fingerprint density at radius 3 is 2.48 bits per heavy atom. The highest BCUT2D eigenvalue weighted by molar-refractivity contribution is 7.09. The Balaban J connectivity index is 1.61. The number of aromatic nitrogens is 1. The number of carbonyl (C=O) groups is 2. The van der Waals surface area contributed by atoms with Crippen LogP contribution in [0.5, 0.6) is 0 Å². The van der Waals surface area contributed by atoms with Crippen LogP contribution in [0.4, 0.5) is 5.69 Å². The maximum Gasteiger partial charge on any atom is 0.275 e. The summed E-state index contributed by atoms with van der Waals surface area (Å²) in [5.74, 6) is -0.257. The summed E-state index contributed by atoms with van der Waals surface area (Å²) in [6.45, 7) is 3.57. The molecular weight excluding hydrogens is 338 g/mol. The van der Waals surface area contributed by atoms with Gasteiger partial charge in [-0.2, -0.15) is 0 Å². The average molecular weight is 359 g/mol. The van der Waals surface area contributed by atoms with Crippen LogP contribution in [0.1, 0.15) is 25.9 Å². The highest BCUT2D eigenvalue weighted by Crippen LogP contribution is 2.15. The Bertz CT molecular complexity index is 751. The van der Waals surface area contributed by atoms with E-state index in [9.17, 15) is 9.59 Å². The van der Waals surface area contributed by atoms with E-state index < -0.39 is 0 Å². The zero-order chi connectivity index (χ0) is 17.8. The number of carbonyl (C=O) groups excluding carboxylic acids is 2. The first kappa shape index (κ1) is 17.5. The Kier molecular flexibility index (Phi) is 5.42. The number of piperazine rings is 1. The van der Waals surface area contributed by atoms with Crippen molar-refractivity contribution in [2.24, 2.45) is 5.73 Å². The van der Waals surface area contributed by atoms with Gasteiger partial charge in [0.15, 0.2) is 0 Å². The summed E-state index contributed by atoms with van der Waals surface area (Å²) in [6.07, 6.45) is 0. The van der Waals surface area contributed by atoms with Crippen molar-refractivity contribution < 1.29 is 9.59 Å². The number of hydrogen-bond donors (Lipinski definition) is 2. The molecule has 25 heavy (non-hydrogen) atoms. The lowest BCUT2D eigenvalue weighted by molar-refractivity contribution is 0.0664. The van der Waals surface area contributed by atoms with Crippen LogP contribution in [-0.2, 0) is 6.54 Å². The molecule has 0 atom stereocenters. The molecular formula is C17H21N5O2S. The third-order valence-electron chi connectivity index (χ3n) is 4.14. The second-order valence-electron chi connectivity index (χ2n) is 5.96. The molecule has 1 aliphatic heterocycles. The van der Waals surface area contributed by atoms with Crippen molar-refractivity contribution in [1.82, 2.24) is 14.8 Å². The summed E-state index contributed by atoms with van der Waals surface area (Å²) in [5, 5.41) is 5.18. The molecule has 2 aromatic rings. The van der Waals surface area contributed by atoms with Gasteiger partial charge in [0.25, 0.3) is 11.8 Å². The number of nitrogens with zero attached hydrogens (tertiary/aromatic N) is 3. The number of benzene rings is 1. The van der Waals surface area contributed by atoms with Crippen molar-refractivity contribution in [2.75, 3.05) is 38.5 Å². The number of amides is 2. The van der Waals surface area contributed by atoms with Crippen LogP contribution in [0.25, 0.3) is 0 Å². The number of nitrogens with two attached hydrogens (primary N) is 1. The van der Waals surface area contributed by atoms with E-state index in [4.69, 9.17) is 5.73 Å². The van der Waals surface area contributed by atoms with E-state index in [1.165, 1.54) is 11.3 Å². The van der Waals surface area contributed by atoms with E-state index in [2.05, 4.69) is 22.2 Å². The van der Waals surface area contributed by atoms with Crippen LogP contribution in [0, 0.1) is 0 Å². The van der Waals surface area contributed by atoms with Crippen LogP contribution >= 0.6 is 11.3 Å². The molecule has 1 aliphatic rings. The van der Waals surface area contributed by atoms with Crippen LogP contribution in [0.3, 0.4) is 0 Å². The number of thiazole rings is 1. The Hall–Kier alpha value is -2.29. The monoisotopic (exact) mass is 359 g/mol. The van der Waals surface area contributed by atoms with Gasteiger partial charge in [-0.05, 0) is 31.3 Å². The van der Waals surface area contributed by atoms with Gasteiger partial charge in [-0.3, -0.25) is 9.59 Å². The van der Waals surface area contributed by atoms with Gasteiger partial charge < -0.3 is 20.9 Å². The van der Waals surface area contributed by atoms with Gasteiger partial charge in [0.1, 0.15) is 10.7 Å². The highest BCUT2D eigenvalue weighted by atomic mass is 32.1. The lowest BCUT2D eigenvalue weighted by Crippen LogP contribution is -2.47. The van der Waals surface area contributed by atoms with Gasteiger partial charge in [-0.25, -0.2) is 4.98 Å². The molecule has 0 spiro atoms. The summed E-state index contributed by atoms with van der Waals surface area (Å²) in [4.78, 5) is 32.9. The first-order valence-corrected chi connectivity index (χ1v) is 8.98. The molecule has 8 heteroatoms. The van der Waals surface area contributed by atoms with Crippen molar-refractivity contribution in [2.45, 2.75) is 6.54 Å². The van der Waals surface area contributed by atoms with E-state index in [1.807, 2.05) is 4.90 Å². The van der Waals surface area contributed by atoms with E-state index in [-0.39, 0.29) is 11.8 Å². The fraction of sp³-hybridized carbons (Fsp3) is 0.353. The minimum absolute atomic E-state index is 0.0260. The van der Waals surface area contributed by atoms with Crippen LogP contribution in [-0.4, -0.2) is 59.8 Å². The quantitative estimate of drug-likeness (QED) is 0.857. The third-order valence-corrected chi connectivity index (χ3v) is 5.01. The molecule has 2 amide bonds. The Morgan fingerprint density at radius 2 is 1.88 bits per heavy atom. The summed E-state index contributed by atoms with van der Waals surface area (Å²) >= 11 is 1.36. The highest BCUT2D eigenvalue weighted by Gasteiger charge is 2.20. The fourth-order valence-electron chi connectivity index (χ4n) is 2.59. The van der Waals surface area contributed by atoms with E-state index in [0.717, 1.165) is 31.2 Å². The smallest absolute Gasteiger partial charge is 0.275 e. The van der Waals surface area contributed by atoms with Crippen molar-refractivity contribution in [3.05, 3.63) is 45.9 Å². The van der Waals surface area contributed by atoms with Crippen molar-refractivity contribution >= 4 is 28.8 Å². The van der Waals surface area contributed by atoms with Gasteiger partial charge in [-0.15, -0.1) is 11.3 Å². The standard InChI is InChI=1S/C17H21N5O2S/c1-21-6-8-22(9-7-21)17(24)12-2-4-13(5-3-12)19-16(23)14-11-25-15(10-18)20-14/h2-5,11H,6-10,18H2,1H3,(H,19,23). The number of hydrogen-bond acceptors (Lipinski definition) is 6. The molecule has 2 heterocycles. The molecule has 0 bridgehead atoms. The number of rotatable bonds is 4. The number of nitrogens with one attached hydrogen (secondary N) is 1. The van der Waals surface area contributed by atoms with E-state index >= 15 is 0 Å². The molecule has 0 unspecified atom stereocenters. The number of likely N-dealkylation sites (N-methyl/N-ethyl adjacent to an activating group) is 1. The van der Waals surface area contributed by atoms with Crippen molar-refractivity contribution in [3.63, 3.8) is 0 Å². The molecule has 0 aliphatic carbocycles. The summed E-state index contributed by atoms with van der Waals surface area (Å²) in [7, 11) is 2.05. The van der Waals surface area contributed by atoms with Crippen molar-refractivity contribution in [1.29, 1.82) is 0 Å². The Labute approximate surface area is 150 Å². The topological polar surface area (TPSA) is 91.6 Å². The average Bonchev–Trinajstić information content (AvgIpc) is 3.12. The van der Waals surface area contributed by atoms with Gasteiger partial charge in [0.05, 0.1) is 0 Å². The molecule has 1 aromatic carbocycles. The maximum atomic E-state index is 12.5. The normalized spacial score (nSPS) is 15.2. The second kappa shape index (κ2) is 7.73. The molecule has 3 N–H and O–H groups in total. The SMILES string of the molecule is CN1CCN(C(=O)c2ccc(NC(=O)c3csc(CN)n3)cc2)CC1. The van der Waals surface area contributed by atoms with Crippen LogP contribution < -0.4 is 11.1 Å². The summed E-state index contributed by atoms with van der Waals surface area (Å²) in [6, 6.07) is 6.94. The molecule has 3 rings (SSSR count). The summed E-state index contributed by atoms with van der Waals surface area (Å²) < 4.78 is 0. The van der Waals surface area contributed by atoms with Gasteiger partial charge in [0.2, 0.25) is 0 Å². The Morgan fingerprint density at radius 1 is 1.20 bits per heavy atom. The lowest BCUT2D eigenvalue weighted by atomic mass is 10.1. The minimum Gasteiger partial charge on any atom is -0.336 e. The lowest BCUT2D eigenvalue weighted by Gasteiger charge is -2.32. The predicted octanol–water partition coefficient (Wildman–Crippen LogP) is 1.24. The van der Waals surface area contributed by atoms with Gasteiger partial charge in [0, 0.05) is 49.4 Å². The van der Waals surface area contributed by atoms with E-state index in [0.29, 0.717) is 23.5 Å². The van der Waals surface area contributed by atoms with Crippen LogP contribution in [0.2, 0.25) is 0 Å². The molecule has 1 aromatic heterocycles. The third kappa shape index (κ3) is 4.22. The van der Waals surface area contributed by atoms with E-state index in [1.54, 1.807) is 29.6 Å². The minimum atomic E-state index is -0.283. The van der Waals surface area contributed by atoms with Gasteiger partial charge in [-0.1, -0.05) is 0 Å². The zero-order valence-corrected chi connectivity index (χ0v) is 14.9. The molecule has 0 radical (unpaired) electrons. The zero-order valence-electron chi connectivity index (χ0n) is 14.1. The molecule has 7 nitrogen and oxygen atoms in total. The summed E-state index contributed by atoms with van der Waals surface area (Å²) in [5.41, 5.74) is 7.11. The first-order valence-electron chi connectivity index (χ1n) is 8.10. The predicted molar refractivity (Wildman–Crippen MR) is 97.8 cm³/mol. The van der Waals surface area contributed by atoms with Gasteiger partial charge >= 0.3 is 0 Å². The maximum absolute atomic E-state index is 12.5. The van der Waals surface area contributed by atoms with Crippen molar-refractivity contribution in [3.8, 4) is 0 Å². The molecule has 0 saturated carbocycles. The molecule has 1 fully saturated rings.